The molecule has 2 amide bonds. The maximum atomic E-state index is 12.5. The number of hydrogen-bond acceptors (Lipinski definition) is 4. The van der Waals surface area contributed by atoms with Gasteiger partial charge in [-0.3, -0.25) is 9.59 Å². The minimum absolute atomic E-state index is 0.0498. The second-order valence-corrected chi connectivity index (χ2v) is 5.62. The van der Waals surface area contributed by atoms with E-state index in [-0.39, 0.29) is 11.8 Å². The molecule has 0 aromatic heterocycles. The number of methoxy groups -OCH3 is 1. The molecule has 1 aliphatic heterocycles. The Balaban J connectivity index is 1.92. The van der Waals surface area contributed by atoms with Crippen molar-refractivity contribution in [1.82, 2.24) is 9.80 Å². The second kappa shape index (κ2) is 7.85. The predicted molar refractivity (Wildman–Crippen MR) is 86.5 cm³/mol. The summed E-state index contributed by atoms with van der Waals surface area (Å²) in [6.45, 7) is 5.80. The number of hydrogen-bond donors (Lipinski definition) is 0. The monoisotopic (exact) mass is 320 g/mol. The molecule has 6 heteroatoms. The second-order valence-electron chi connectivity index (χ2n) is 5.62. The van der Waals surface area contributed by atoms with E-state index >= 15 is 0 Å². The minimum Gasteiger partial charge on any atom is -0.497 e. The highest BCUT2D eigenvalue weighted by molar-refractivity contribution is 5.81. The minimum atomic E-state index is -0.563. The first-order valence-electron chi connectivity index (χ1n) is 7.86. The molecule has 0 N–H and O–H groups in total. The molecule has 0 radical (unpaired) electrons. The van der Waals surface area contributed by atoms with Crippen molar-refractivity contribution in [2.24, 2.45) is 0 Å². The molecule has 1 heterocycles. The van der Waals surface area contributed by atoms with Gasteiger partial charge in [0.2, 0.25) is 5.91 Å². The average molecular weight is 320 g/mol. The van der Waals surface area contributed by atoms with Crippen LogP contribution in [0.2, 0.25) is 0 Å². The lowest BCUT2D eigenvalue weighted by Gasteiger charge is -2.25. The van der Waals surface area contributed by atoms with Gasteiger partial charge >= 0.3 is 0 Å². The van der Waals surface area contributed by atoms with Gasteiger partial charge < -0.3 is 19.3 Å². The van der Waals surface area contributed by atoms with Crippen LogP contribution >= 0.6 is 0 Å². The number of amides is 2. The van der Waals surface area contributed by atoms with E-state index in [9.17, 15) is 9.59 Å². The summed E-state index contributed by atoms with van der Waals surface area (Å²) in [5, 5.41) is 0. The van der Waals surface area contributed by atoms with Crippen molar-refractivity contribution in [2.75, 3.05) is 33.3 Å². The molecule has 0 saturated carbocycles. The van der Waals surface area contributed by atoms with Gasteiger partial charge in [-0.1, -0.05) is 0 Å². The molecule has 1 aromatic rings. The van der Waals surface area contributed by atoms with Crippen molar-refractivity contribution in [2.45, 2.75) is 26.4 Å². The number of carbonyl (C=O) groups is 2. The van der Waals surface area contributed by atoms with Gasteiger partial charge in [-0.05, 0) is 37.6 Å². The molecule has 1 saturated heterocycles. The highest BCUT2D eigenvalue weighted by Crippen LogP contribution is 2.19. The molecule has 1 aliphatic rings. The summed E-state index contributed by atoms with van der Waals surface area (Å²) >= 11 is 0. The summed E-state index contributed by atoms with van der Waals surface area (Å²) in [7, 11) is 1.60. The van der Waals surface area contributed by atoms with E-state index in [1.165, 1.54) is 0 Å². The van der Waals surface area contributed by atoms with Gasteiger partial charge in [-0.25, -0.2) is 0 Å². The molecule has 2 rings (SSSR count). The summed E-state index contributed by atoms with van der Waals surface area (Å²) < 4.78 is 10.8. The van der Waals surface area contributed by atoms with Crippen molar-refractivity contribution in [3.63, 3.8) is 0 Å². The molecule has 0 bridgehead atoms. The van der Waals surface area contributed by atoms with Gasteiger partial charge in [0.25, 0.3) is 5.91 Å². The van der Waals surface area contributed by atoms with Crippen molar-refractivity contribution >= 4 is 11.8 Å². The SMILES string of the molecule is COc1ccc(OC(C)C(=O)N2CCCN(C(C)=O)CC2)cc1. The third kappa shape index (κ3) is 4.61. The molecule has 126 valence electrons. The van der Waals surface area contributed by atoms with E-state index in [0.717, 1.165) is 12.2 Å². The van der Waals surface area contributed by atoms with Gasteiger partial charge in [0.05, 0.1) is 7.11 Å². The standard InChI is InChI=1S/C17H24N2O4/c1-13(23-16-7-5-15(22-3)6-8-16)17(21)19-10-4-9-18(11-12-19)14(2)20/h5-8,13H,4,9-12H2,1-3H3. The predicted octanol–water partition coefficient (Wildman–Crippen LogP) is 1.54. The average Bonchev–Trinajstić information content (AvgIpc) is 2.81. The summed E-state index contributed by atoms with van der Waals surface area (Å²) in [5.41, 5.74) is 0. The third-order valence-corrected chi connectivity index (χ3v) is 3.97. The van der Waals surface area contributed by atoms with E-state index in [2.05, 4.69) is 0 Å². The number of benzene rings is 1. The van der Waals surface area contributed by atoms with Crippen LogP contribution in [0.5, 0.6) is 11.5 Å². The summed E-state index contributed by atoms with van der Waals surface area (Å²) in [4.78, 5) is 27.5. The third-order valence-electron chi connectivity index (χ3n) is 3.97. The van der Waals surface area contributed by atoms with Crippen LogP contribution in [-0.2, 0) is 9.59 Å². The summed E-state index contributed by atoms with van der Waals surface area (Å²) in [6, 6.07) is 7.15. The lowest BCUT2D eigenvalue weighted by Crippen LogP contribution is -2.42. The maximum Gasteiger partial charge on any atom is 0.263 e. The fourth-order valence-electron chi connectivity index (χ4n) is 2.62. The van der Waals surface area contributed by atoms with Crippen molar-refractivity contribution in [1.29, 1.82) is 0 Å². The van der Waals surface area contributed by atoms with E-state index in [4.69, 9.17) is 9.47 Å². The molecule has 23 heavy (non-hydrogen) atoms. The molecule has 6 nitrogen and oxygen atoms in total. The van der Waals surface area contributed by atoms with E-state index < -0.39 is 6.10 Å². The smallest absolute Gasteiger partial charge is 0.263 e. The number of rotatable bonds is 4. The van der Waals surface area contributed by atoms with Crippen LogP contribution < -0.4 is 9.47 Å². The molecule has 1 fully saturated rings. The highest BCUT2D eigenvalue weighted by atomic mass is 16.5. The first kappa shape index (κ1) is 17.1. The zero-order valence-corrected chi connectivity index (χ0v) is 13.9. The zero-order chi connectivity index (χ0) is 16.8. The number of nitrogens with zero attached hydrogens (tertiary/aromatic N) is 2. The normalized spacial score (nSPS) is 16.5. The van der Waals surface area contributed by atoms with Gasteiger partial charge in [-0.2, -0.15) is 0 Å². The van der Waals surface area contributed by atoms with Crippen molar-refractivity contribution in [3.05, 3.63) is 24.3 Å². The summed E-state index contributed by atoms with van der Waals surface area (Å²) in [5.74, 6) is 1.38. The first-order chi connectivity index (χ1) is 11.0. The maximum absolute atomic E-state index is 12.5. The molecule has 0 aliphatic carbocycles. The van der Waals surface area contributed by atoms with Crippen LogP contribution in [0, 0.1) is 0 Å². The fraction of sp³-hybridized carbons (Fsp3) is 0.529. The molecular weight excluding hydrogens is 296 g/mol. The molecule has 0 spiro atoms. The van der Waals surface area contributed by atoms with Crippen LogP contribution in [0.1, 0.15) is 20.3 Å². The lowest BCUT2D eigenvalue weighted by atomic mass is 10.3. The Hall–Kier alpha value is -2.24. The van der Waals surface area contributed by atoms with Crippen LogP contribution in [0.4, 0.5) is 0 Å². The Morgan fingerprint density at radius 2 is 1.57 bits per heavy atom. The Bertz CT molecular complexity index is 544. The topological polar surface area (TPSA) is 59.1 Å². The van der Waals surface area contributed by atoms with E-state index in [1.54, 1.807) is 55.0 Å². The van der Waals surface area contributed by atoms with Crippen molar-refractivity contribution < 1.29 is 19.1 Å². The van der Waals surface area contributed by atoms with Crippen LogP contribution in [0.15, 0.2) is 24.3 Å². The number of carbonyl (C=O) groups excluding carboxylic acids is 2. The van der Waals surface area contributed by atoms with Crippen molar-refractivity contribution in [3.8, 4) is 11.5 Å². The van der Waals surface area contributed by atoms with Gasteiger partial charge in [0.1, 0.15) is 11.5 Å². The van der Waals surface area contributed by atoms with Gasteiger partial charge in [-0.15, -0.1) is 0 Å². The molecular formula is C17H24N2O4. The highest BCUT2D eigenvalue weighted by Gasteiger charge is 2.25. The first-order valence-corrected chi connectivity index (χ1v) is 7.86. The Kier molecular flexibility index (Phi) is 5.84. The molecule has 1 unspecified atom stereocenters. The molecule has 1 aromatic carbocycles. The Morgan fingerprint density at radius 1 is 1.00 bits per heavy atom. The lowest BCUT2D eigenvalue weighted by molar-refractivity contribution is -0.138. The Labute approximate surface area is 137 Å². The van der Waals surface area contributed by atoms with E-state index in [0.29, 0.717) is 31.9 Å². The van der Waals surface area contributed by atoms with Gasteiger partial charge in [0, 0.05) is 33.1 Å². The molecule has 1 atom stereocenters. The van der Waals surface area contributed by atoms with Crippen LogP contribution in [0.3, 0.4) is 0 Å². The van der Waals surface area contributed by atoms with E-state index in [1.807, 2.05) is 0 Å². The summed E-state index contributed by atoms with van der Waals surface area (Å²) in [6.07, 6.45) is 0.230. The zero-order valence-electron chi connectivity index (χ0n) is 13.9. The number of ether oxygens (including phenoxy) is 2. The fourth-order valence-corrected chi connectivity index (χ4v) is 2.62. The Morgan fingerprint density at radius 3 is 2.17 bits per heavy atom. The van der Waals surface area contributed by atoms with Crippen LogP contribution in [-0.4, -0.2) is 61.0 Å². The van der Waals surface area contributed by atoms with Crippen LogP contribution in [0.25, 0.3) is 0 Å². The quantitative estimate of drug-likeness (QED) is 0.844. The largest absolute Gasteiger partial charge is 0.497 e. The van der Waals surface area contributed by atoms with Gasteiger partial charge in [0.15, 0.2) is 6.10 Å².